The monoisotopic (exact) mass is 317 g/mol. The molecule has 6 heteroatoms. The van der Waals surface area contributed by atoms with Gasteiger partial charge in [0.1, 0.15) is 6.07 Å². The van der Waals surface area contributed by atoms with Crippen molar-refractivity contribution < 1.29 is 4.79 Å². The summed E-state index contributed by atoms with van der Waals surface area (Å²) in [5.41, 5.74) is 3.23. The van der Waals surface area contributed by atoms with Crippen LogP contribution in [0.25, 0.3) is 0 Å². The lowest BCUT2D eigenvalue weighted by Gasteiger charge is -2.03. The van der Waals surface area contributed by atoms with Gasteiger partial charge in [-0.25, -0.2) is 0 Å². The molecule has 2 aromatic carbocycles. The van der Waals surface area contributed by atoms with Gasteiger partial charge in [0.15, 0.2) is 0 Å². The van der Waals surface area contributed by atoms with Crippen LogP contribution in [0.15, 0.2) is 53.6 Å². The van der Waals surface area contributed by atoms with Crippen molar-refractivity contribution >= 4 is 40.4 Å². The highest BCUT2D eigenvalue weighted by Gasteiger charge is 2.13. The lowest BCUT2D eigenvalue weighted by atomic mass is 10.1. The number of nitrogens with zero attached hydrogens (tertiary/aromatic N) is 2. The summed E-state index contributed by atoms with van der Waals surface area (Å²) in [5.74, 6) is -0.460. The fraction of sp³-hybridized carbons (Fsp3) is 0. The van der Waals surface area contributed by atoms with Crippen molar-refractivity contribution in [2.24, 2.45) is 5.10 Å². The molecule has 0 unspecified atom stereocenters. The average molecular weight is 318 g/mol. The molecule has 1 N–H and O–H groups in total. The molecule has 0 saturated heterocycles. The first kappa shape index (κ1) is 15.0. The lowest BCUT2D eigenvalue weighted by Crippen LogP contribution is -2.14. The molecule has 0 aliphatic heterocycles. The van der Waals surface area contributed by atoms with Crippen molar-refractivity contribution in [3.63, 3.8) is 0 Å². The van der Waals surface area contributed by atoms with E-state index in [1.807, 2.05) is 0 Å². The zero-order valence-electron chi connectivity index (χ0n) is 10.7. The van der Waals surface area contributed by atoms with Gasteiger partial charge in [-0.2, -0.15) is 10.4 Å². The first-order chi connectivity index (χ1) is 10.1. The molecule has 21 heavy (non-hydrogen) atoms. The Morgan fingerprint density at radius 1 is 1.10 bits per heavy atom. The van der Waals surface area contributed by atoms with E-state index in [-0.39, 0.29) is 5.71 Å². The Morgan fingerprint density at radius 2 is 1.71 bits per heavy atom. The number of anilines is 1. The standard InChI is InChI=1S/C15H9Cl2N3O/c16-11-6-12(17)8-13(7-11)19-20-14(9-18)15(21)10-4-2-1-3-5-10/h1-8,19H. The third-order valence-corrected chi connectivity index (χ3v) is 2.95. The smallest absolute Gasteiger partial charge is 0.223 e. The molecule has 0 atom stereocenters. The molecule has 0 aliphatic carbocycles. The van der Waals surface area contributed by atoms with Crippen LogP contribution in [0, 0.1) is 11.3 Å². The number of nitriles is 1. The Labute approximate surface area is 131 Å². The van der Waals surface area contributed by atoms with Crippen molar-refractivity contribution in [1.29, 1.82) is 5.26 Å². The third kappa shape index (κ3) is 4.06. The molecule has 0 bridgehead atoms. The second kappa shape index (κ2) is 6.89. The lowest BCUT2D eigenvalue weighted by molar-refractivity contribution is 0.106. The SMILES string of the molecule is N#CC(=NNc1cc(Cl)cc(Cl)c1)C(=O)c1ccccc1. The van der Waals surface area contributed by atoms with Gasteiger partial charge in [-0.15, -0.1) is 0 Å². The molecule has 0 heterocycles. The molecule has 4 nitrogen and oxygen atoms in total. The molecule has 2 aromatic rings. The Hall–Kier alpha value is -2.35. The second-order valence-electron chi connectivity index (χ2n) is 4.04. The van der Waals surface area contributed by atoms with Gasteiger partial charge < -0.3 is 0 Å². The minimum absolute atomic E-state index is 0.253. The second-order valence-corrected chi connectivity index (χ2v) is 4.91. The van der Waals surface area contributed by atoms with Gasteiger partial charge in [0.25, 0.3) is 0 Å². The van der Waals surface area contributed by atoms with Crippen LogP contribution in [0.3, 0.4) is 0 Å². The Balaban J connectivity index is 2.22. The molecular weight excluding hydrogens is 309 g/mol. The highest BCUT2D eigenvalue weighted by Crippen LogP contribution is 2.22. The molecule has 0 radical (unpaired) electrons. The predicted molar refractivity (Wildman–Crippen MR) is 83.9 cm³/mol. The van der Waals surface area contributed by atoms with E-state index in [1.54, 1.807) is 54.6 Å². The number of ketones is 1. The van der Waals surface area contributed by atoms with Gasteiger partial charge in [-0.3, -0.25) is 10.2 Å². The summed E-state index contributed by atoms with van der Waals surface area (Å²) >= 11 is 11.7. The van der Waals surface area contributed by atoms with Crippen LogP contribution in [-0.2, 0) is 0 Å². The van der Waals surface area contributed by atoms with Gasteiger partial charge >= 0.3 is 0 Å². The summed E-state index contributed by atoms with van der Waals surface area (Å²) in [6, 6.07) is 15.0. The maximum absolute atomic E-state index is 12.1. The zero-order valence-corrected chi connectivity index (χ0v) is 12.2. The van der Waals surface area contributed by atoms with Crippen molar-refractivity contribution in [3.05, 3.63) is 64.1 Å². The molecule has 104 valence electrons. The van der Waals surface area contributed by atoms with Crippen molar-refractivity contribution in [2.45, 2.75) is 0 Å². The van der Waals surface area contributed by atoms with Gasteiger partial charge in [0.2, 0.25) is 11.5 Å². The summed E-state index contributed by atoms with van der Waals surface area (Å²) in [6.07, 6.45) is 0. The van der Waals surface area contributed by atoms with Crippen LogP contribution in [0.4, 0.5) is 5.69 Å². The number of rotatable bonds is 4. The highest BCUT2D eigenvalue weighted by molar-refractivity contribution is 6.51. The molecule has 0 fully saturated rings. The number of hydrazone groups is 1. The molecule has 0 spiro atoms. The number of Topliss-reactive ketones (excluding diaryl/α,β-unsaturated/α-hetero) is 1. The predicted octanol–water partition coefficient (Wildman–Crippen LogP) is 4.17. The van der Waals surface area contributed by atoms with Crippen LogP contribution >= 0.6 is 23.2 Å². The normalized spacial score (nSPS) is 10.8. The summed E-state index contributed by atoms with van der Waals surface area (Å²) in [5, 5.41) is 13.7. The quantitative estimate of drug-likeness (QED) is 0.523. The van der Waals surface area contributed by atoms with Crippen LogP contribution in [0.1, 0.15) is 10.4 Å². The van der Waals surface area contributed by atoms with E-state index in [2.05, 4.69) is 10.5 Å². The van der Waals surface area contributed by atoms with E-state index in [0.29, 0.717) is 21.3 Å². The number of halogens is 2. The van der Waals surface area contributed by atoms with E-state index in [4.69, 9.17) is 28.5 Å². The van der Waals surface area contributed by atoms with Crippen molar-refractivity contribution in [1.82, 2.24) is 0 Å². The summed E-state index contributed by atoms with van der Waals surface area (Å²) in [7, 11) is 0. The van der Waals surface area contributed by atoms with Crippen LogP contribution in [0.5, 0.6) is 0 Å². The summed E-state index contributed by atoms with van der Waals surface area (Å²) in [6.45, 7) is 0. The number of carbonyl (C=O) groups is 1. The van der Waals surface area contributed by atoms with Gasteiger partial charge in [0, 0.05) is 15.6 Å². The maximum Gasteiger partial charge on any atom is 0.223 e. The van der Waals surface area contributed by atoms with Crippen LogP contribution in [-0.4, -0.2) is 11.5 Å². The minimum Gasteiger partial charge on any atom is -0.286 e. The first-order valence-corrected chi connectivity index (χ1v) is 6.65. The number of hydrogen-bond donors (Lipinski definition) is 1. The average Bonchev–Trinajstić information content (AvgIpc) is 2.47. The summed E-state index contributed by atoms with van der Waals surface area (Å²) in [4.78, 5) is 12.1. The minimum atomic E-state index is -0.460. The van der Waals surface area contributed by atoms with E-state index in [1.165, 1.54) is 0 Å². The van der Waals surface area contributed by atoms with E-state index < -0.39 is 5.78 Å². The molecule has 0 saturated carbocycles. The molecule has 0 aliphatic rings. The molecule has 2 rings (SSSR count). The number of nitrogens with one attached hydrogen (secondary N) is 1. The van der Waals surface area contributed by atoms with Gasteiger partial charge in [-0.1, -0.05) is 53.5 Å². The topological polar surface area (TPSA) is 65.2 Å². The number of benzene rings is 2. The van der Waals surface area contributed by atoms with Crippen LogP contribution < -0.4 is 5.43 Å². The highest BCUT2D eigenvalue weighted by atomic mass is 35.5. The molecular formula is C15H9Cl2N3O. The summed E-state index contributed by atoms with van der Waals surface area (Å²) < 4.78 is 0. The largest absolute Gasteiger partial charge is 0.286 e. The molecule has 0 amide bonds. The van der Waals surface area contributed by atoms with E-state index in [9.17, 15) is 4.79 Å². The Bertz CT molecular complexity index is 716. The zero-order chi connectivity index (χ0) is 15.2. The van der Waals surface area contributed by atoms with Gasteiger partial charge in [0.05, 0.1) is 5.69 Å². The van der Waals surface area contributed by atoms with E-state index >= 15 is 0 Å². The first-order valence-electron chi connectivity index (χ1n) is 5.90. The number of hydrogen-bond acceptors (Lipinski definition) is 4. The van der Waals surface area contributed by atoms with Gasteiger partial charge in [-0.05, 0) is 18.2 Å². The Morgan fingerprint density at radius 3 is 2.29 bits per heavy atom. The van der Waals surface area contributed by atoms with Crippen molar-refractivity contribution in [3.8, 4) is 6.07 Å². The fourth-order valence-electron chi connectivity index (χ4n) is 1.59. The van der Waals surface area contributed by atoms with Crippen molar-refractivity contribution in [2.75, 3.05) is 5.43 Å². The van der Waals surface area contributed by atoms with E-state index in [0.717, 1.165) is 0 Å². The molecule has 0 aromatic heterocycles. The number of carbonyl (C=O) groups excluding carboxylic acids is 1. The fourth-order valence-corrected chi connectivity index (χ4v) is 2.12. The van der Waals surface area contributed by atoms with Crippen LogP contribution in [0.2, 0.25) is 10.0 Å². The Kier molecular flexibility index (Phi) is 4.94. The maximum atomic E-state index is 12.1. The third-order valence-electron chi connectivity index (χ3n) is 2.52.